The highest BCUT2D eigenvalue weighted by Gasteiger charge is 2.23. The molecule has 1 saturated heterocycles. The fraction of sp³-hybridized carbons (Fsp3) is 0.889. The van der Waals surface area contributed by atoms with Crippen LogP contribution < -0.4 is 10.6 Å². The van der Waals surface area contributed by atoms with E-state index in [9.17, 15) is 4.79 Å². The van der Waals surface area contributed by atoms with E-state index in [1.807, 2.05) is 6.92 Å². The molecule has 0 aromatic carbocycles. The van der Waals surface area contributed by atoms with Crippen LogP contribution in [0, 0.1) is 5.92 Å². The van der Waals surface area contributed by atoms with Gasteiger partial charge in [-0.25, -0.2) is 4.79 Å². The number of nitrogens with one attached hydrogen (secondary N) is 2. The number of likely N-dealkylation sites (tertiary alicyclic amines) is 1. The van der Waals surface area contributed by atoms with E-state index in [2.05, 4.69) is 31.4 Å². The molecule has 0 aromatic rings. The van der Waals surface area contributed by atoms with E-state index in [0.29, 0.717) is 25.0 Å². The molecule has 0 radical (unpaired) electrons. The molecular formula is C18H36N4O3. The Morgan fingerprint density at radius 1 is 1.28 bits per heavy atom. The van der Waals surface area contributed by atoms with Crippen LogP contribution in [0.2, 0.25) is 0 Å². The molecule has 1 fully saturated rings. The Morgan fingerprint density at radius 3 is 2.48 bits per heavy atom. The third-order valence-electron chi connectivity index (χ3n) is 4.42. The van der Waals surface area contributed by atoms with Gasteiger partial charge >= 0.3 is 6.09 Å². The van der Waals surface area contributed by atoms with Crippen LogP contribution in [0.25, 0.3) is 0 Å². The first-order valence-electron chi connectivity index (χ1n) is 9.51. The zero-order chi connectivity index (χ0) is 18.7. The summed E-state index contributed by atoms with van der Waals surface area (Å²) >= 11 is 0. The average Bonchev–Trinajstić information content (AvgIpc) is 2.61. The number of amides is 1. The molecule has 0 aromatic heterocycles. The van der Waals surface area contributed by atoms with Crippen LogP contribution in [0.1, 0.15) is 47.0 Å². The number of methoxy groups -OCH3 is 1. The van der Waals surface area contributed by atoms with Crippen molar-refractivity contribution in [3.63, 3.8) is 0 Å². The van der Waals surface area contributed by atoms with Crippen molar-refractivity contribution in [1.82, 2.24) is 15.5 Å². The fourth-order valence-electron chi connectivity index (χ4n) is 2.98. The van der Waals surface area contributed by atoms with Gasteiger partial charge in [-0.2, -0.15) is 0 Å². The normalized spacial score (nSPS) is 17.5. The van der Waals surface area contributed by atoms with Crippen molar-refractivity contribution in [2.24, 2.45) is 10.9 Å². The Morgan fingerprint density at radius 2 is 1.96 bits per heavy atom. The maximum atomic E-state index is 11.5. The minimum Gasteiger partial charge on any atom is -0.453 e. The van der Waals surface area contributed by atoms with Gasteiger partial charge in [-0.15, -0.1) is 0 Å². The van der Waals surface area contributed by atoms with Gasteiger partial charge in [0, 0.05) is 38.8 Å². The molecule has 1 amide bonds. The van der Waals surface area contributed by atoms with Gasteiger partial charge < -0.3 is 25.0 Å². The monoisotopic (exact) mass is 356 g/mol. The Kier molecular flexibility index (Phi) is 10.3. The van der Waals surface area contributed by atoms with E-state index in [-0.39, 0.29) is 12.2 Å². The van der Waals surface area contributed by atoms with Gasteiger partial charge in [0.2, 0.25) is 0 Å². The number of piperidine rings is 1. The summed E-state index contributed by atoms with van der Waals surface area (Å²) in [4.78, 5) is 18.0. The summed E-state index contributed by atoms with van der Waals surface area (Å²) in [7, 11) is 1.43. The molecule has 1 atom stereocenters. The summed E-state index contributed by atoms with van der Waals surface area (Å²) in [6.07, 6.45) is 2.72. The number of hydrogen-bond acceptors (Lipinski definition) is 4. The van der Waals surface area contributed by atoms with Gasteiger partial charge in [0.25, 0.3) is 0 Å². The number of carbonyl (C=O) groups excluding carboxylic acids is 1. The lowest BCUT2D eigenvalue weighted by Gasteiger charge is -2.32. The highest BCUT2D eigenvalue weighted by atomic mass is 16.5. The maximum Gasteiger partial charge on any atom is 0.409 e. The minimum atomic E-state index is -0.241. The number of nitrogens with zero attached hydrogens (tertiary/aromatic N) is 2. The van der Waals surface area contributed by atoms with Crippen molar-refractivity contribution < 1.29 is 14.3 Å². The molecule has 0 saturated carbocycles. The van der Waals surface area contributed by atoms with Gasteiger partial charge in [-0.1, -0.05) is 13.8 Å². The third-order valence-corrected chi connectivity index (χ3v) is 4.42. The zero-order valence-electron chi connectivity index (χ0n) is 16.5. The van der Waals surface area contributed by atoms with Crippen molar-refractivity contribution in [1.29, 1.82) is 0 Å². The van der Waals surface area contributed by atoms with E-state index in [4.69, 9.17) is 14.5 Å². The Balaban J connectivity index is 2.47. The molecule has 7 heteroatoms. The number of rotatable bonds is 8. The average molecular weight is 357 g/mol. The summed E-state index contributed by atoms with van der Waals surface area (Å²) in [5.74, 6) is 1.34. The third kappa shape index (κ3) is 7.94. The Labute approximate surface area is 152 Å². The number of guanidine groups is 1. The SMILES string of the molecule is CCNC(=NCCC(OCC)C(C)C)NC1CCN(C(=O)OC)CC1. The van der Waals surface area contributed by atoms with E-state index < -0.39 is 0 Å². The predicted octanol–water partition coefficient (Wildman–Crippen LogP) is 2.22. The molecule has 0 bridgehead atoms. The lowest BCUT2D eigenvalue weighted by molar-refractivity contribution is 0.0266. The van der Waals surface area contributed by atoms with Gasteiger partial charge in [0.1, 0.15) is 0 Å². The molecule has 0 spiro atoms. The molecule has 1 rings (SSSR count). The molecule has 146 valence electrons. The highest BCUT2D eigenvalue weighted by molar-refractivity contribution is 5.80. The van der Waals surface area contributed by atoms with E-state index >= 15 is 0 Å². The van der Waals surface area contributed by atoms with Gasteiger partial charge in [0.05, 0.1) is 13.2 Å². The Hall–Kier alpha value is -1.50. The van der Waals surface area contributed by atoms with Crippen LogP contribution in [0.15, 0.2) is 4.99 Å². The van der Waals surface area contributed by atoms with Crippen molar-refractivity contribution in [2.45, 2.75) is 59.1 Å². The predicted molar refractivity (Wildman–Crippen MR) is 101 cm³/mol. The topological polar surface area (TPSA) is 75.2 Å². The maximum absolute atomic E-state index is 11.5. The molecule has 1 aliphatic heterocycles. The van der Waals surface area contributed by atoms with Crippen molar-refractivity contribution in [3.05, 3.63) is 0 Å². The molecule has 1 aliphatic rings. The molecule has 2 N–H and O–H groups in total. The fourth-order valence-corrected chi connectivity index (χ4v) is 2.98. The minimum absolute atomic E-state index is 0.241. The lowest BCUT2D eigenvalue weighted by Crippen LogP contribution is -2.49. The molecule has 1 heterocycles. The number of carbonyl (C=O) groups is 1. The summed E-state index contributed by atoms with van der Waals surface area (Å²) in [6.45, 7) is 12.2. The quantitative estimate of drug-likeness (QED) is 0.515. The number of hydrogen-bond donors (Lipinski definition) is 2. The van der Waals surface area contributed by atoms with Crippen molar-refractivity contribution >= 4 is 12.1 Å². The summed E-state index contributed by atoms with van der Waals surface area (Å²) in [5, 5.41) is 6.79. The lowest BCUT2D eigenvalue weighted by atomic mass is 10.0. The highest BCUT2D eigenvalue weighted by Crippen LogP contribution is 2.12. The number of ether oxygens (including phenoxy) is 2. The van der Waals surface area contributed by atoms with E-state index in [1.165, 1.54) is 7.11 Å². The largest absolute Gasteiger partial charge is 0.453 e. The standard InChI is InChI=1S/C18H36N4O3/c1-6-19-17(20-11-8-16(14(3)4)25-7-2)21-15-9-12-22(13-10-15)18(23)24-5/h14-16H,6-13H2,1-5H3,(H2,19,20,21). The van der Waals surface area contributed by atoms with Gasteiger partial charge in [-0.3, -0.25) is 4.99 Å². The second-order valence-corrected chi connectivity index (χ2v) is 6.66. The van der Waals surface area contributed by atoms with Crippen LogP contribution >= 0.6 is 0 Å². The summed E-state index contributed by atoms with van der Waals surface area (Å²) in [5.41, 5.74) is 0. The van der Waals surface area contributed by atoms with E-state index in [0.717, 1.165) is 44.9 Å². The second kappa shape index (κ2) is 12.0. The second-order valence-electron chi connectivity index (χ2n) is 6.66. The van der Waals surface area contributed by atoms with Crippen LogP contribution in [-0.4, -0.2) is 69.0 Å². The first-order valence-corrected chi connectivity index (χ1v) is 9.51. The molecule has 0 aliphatic carbocycles. The zero-order valence-corrected chi connectivity index (χ0v) is 16.5. The van der Waals surface area contributed by atoms with E-state index in [1.54, 1.807) is 4.90 Å². The molecule has 1 unspecified atom stereocenters. The smallest absolute Gasteiger partial charge is 0.409 e. The summed E-state index contributed by atoms with van der Waals surface area (Å²) < 4.78 is 10.6. The molecule has 7 nitrogen and oxygen atoms in total. The van der Waals surface area contributed by atoms with Crippen molar-refractivity contribution in [2.75, 3.05) is 39.9 Å². The molecular weight excluding hydrogens is 320 g/mol. The van der Waals surface area contributed by atoms with Crippen LogP contribution in [0.3, 0.4) is 0 Å². The van der Waals surface area contributed by atoms with Crippen LogP contribution in [0.5, 0.6) is 0 Å². The first-order chi connectivity index (χ1) is 12.0. The van der Waals surface area contributed by atoms with Crippen LogP contribution in [-0.2, 0) is 9.47 Å². The van der Waals surface area contributed by atoms with Gasteiger partial charge in [-0.05, 0) is 39.0 Å². The van der Waals surface area contributed by atoms with Gasteiger partial charge in [0.15, 0.2) is 5.96 Å². The first kappa shape index (κ1) is 21.5. The Bertz CT molecular complexity index is 407. The van der Waals surface area contributed by atoms with Crippen LogP contribution in [0.4, 0.5) is 4.79 Å². The van der Waals surface area contributed by atoms with Crippen molar-refractivity contribution in [3.8, 4) is 0 Å². The number of aliphatic imine (C=N–C) groups is 1. The molecule has 25 heavy (non-hydrogen) atoms. The summed E-state index contributed by atoms with van der Waals surface area (Å²) in [6, 6.07) is 0.325.